The Bertz CT molecular complexity index is 330. The van der Waals surface area contributed by atoms with E-state index in [-0.39, 0.29) is 0 Å². The Morgan fingerprint density at radius 2 is 1.62 bits per heavy atom. The van der Waals surface area contributed by atoms with E-state index in [0.717, 1.165) is 5.56 Å². The highest BCUT2D eigenvalue weighted by Crippen LogP contribution is 2.34. The van der Waals surface area contributed by atoms with Crippen LogP contribution in [0.25, 0.3) is 0 Å². The molecule has 0 aliphatic rings. The lowest BCUT2D eigenvalue weighted by Crippen LogP contribution is -2.49. The lowest BCUT2D eigenvalue weighted by Gasteiger charge is -2.33. The molecule has 0 saturated carbocycles. The number of rotatable bonds is 3. The first-order valence-corrected chi connectivity index (χ1v) is 5.10. The van der Waals surface area contributed by atoms with E-state index in [4.69, 9.17) is 5.73 Å². The number of nitrogens with two attached hydrogens (primary N) is 1. The molecule has 0 aliphatic heterocycles. The van der Waals surface area contributed by atoms with Crippen molar-refractivity contribution in [3.8, 4) is 0 Å². The summed E-state index contributed by atoms with van der Waals surface area (Å²) in [7, 11) is 0. The molecule has 0 amide bonds. The second kappa shape index (κ2) is 4.45. The molecule has 1 atom stereocenters. The first-order chi connectivity index (χ1) is 7.23. The second-order valence-electron chi connectivity index (χ2n) is 4.67. The molecule has 0 bridgehead atoms. The maximum Gasteiger partial charge on any atom is 0.404 e. The van der Waals surface area contributed by atoms with Crippen molar-refractivity contribution in [2.75, 3.05) is 0 Å². The molecule has 1 nitrogen and oxygen atoms in total. The van der Waals surface area contributed by atoms with Crippen LogP contribution in [-0.2, 0) is 6.42 Å². The maximum absolute atomic E-state index is 12.5. The van der Waals surface area contributed by atoms with Crippen molar-refractivity contribution < 1.29 is 13.2 Å². The summed E-state index contributed by atoms with van der Waals surface area (Å²) in [6.45, 7) is 3.08. The van der Waals surface area contributed by atoms with Gasteiger partial charge in [0, 0.05) is 0 Å². The molecule has 4 heteroatoms. The molecular weight excluding hydrogens is 215 g/mol. The predicted molar refractivity (Wildman–Crippen MR) is 58.0 cm³/mol. The van der Waals surface area contributed by atoms with Gasteiger partial charge in [-0.15, -0.1) is 0 Å². The van der Waals surface area contributed by atoms with Crippen LogP contribution in [0.4, 0.5) is 13.2 Å². The number of hydrogen-bond donors (Lipinski definition) is 1. The molecule has 0 fully saturated rings. The summed E-state index contributed by atoms with van der Waals surface area (Å²) in [5.74, 6) is 0. The standard InChI is InChI=1S/C12H16F3N/c1-11(2,10(16)12(13,14)15)8-9-6-4-3-5-7-9/h3-7,10H,8,16H2,1-2H3. The Kier molecular flexibility index (Phi) is 3.63. The molecule has 1 rings (SSSR count). The van der Waals surface area contributed by atoms with E-state index >= 15 is 0 Å². The smallest absolute Gasteiger partial charge is 0.320 e. The van der Waals surface area contributed by atoms with Crippen LogP contribution in [0.5, 0.6) is 0 Å². The third kappa shape index (κ3) is 3.23. The molecule has 16 heavy (non-hydrogen) atoms. The average Bonchev–Trinajstić information content (AvgIpc) is 2.16. The number of hydrogen-bond acceptors (Lipinski definition) is 1. The fraction of sp³-hybridized carbons (Fsp3) is 0.500. The Hall–Kier alpha value is -1.03. The average molecular weight is 231 g/mol. The quantitative estimate of drug-likeness (QED) is 0.849. The fourth-order valence-corrected chi connectivity index (χ4v) is 1.67. The van der Waals surface area contributed by atoms with Gasteiger partial charge in [0.2, 0.25) is 0 Å². The van der Waals surface area contributed by atoms with Crippen molar-refractivity contribution in [2.45, 2.75) is 32.5 Å². The Morgan fingerprint density at radius 1 is 1.12 bits per heavy atom. The molecular formula is C12H16F3N. The fourth-order valence-electron chi connectivity index (χ4n) is 1.67. The minimum atomic E-state index is -4.35. The molecule has 0 spiro atoms. The van der Waals surface area contributed by atoms with Crippen molar-refractivity contribution in [2.24, 2.45) is 11.1 Å². The highest BCUT2D eigenvalue weighted by molar-refractivity contribution is 5.17. The summed E-state index contributed by atoms with van der Waals surface area (Å²) in [5, 5.41) is 0. The largest absolute Gasteiger partial charge is 0.404 e. The van der Waals surface area contributed by atoms with E-state index in [1.165, 1.54) is 13.8 Å². The van der Waals surface area contributed by atoms with Crippen LogP contribution >= 0.6 is 0 Å². The minimum Gasteiger partial charge on any atom is -0.320 e. The Balaban J connectivity index is 2.80. The van der Waals surface area contributed by atoms with Gasteiger partial charge in [0.1, 0.15) is 6.04 Å². The number of halogens is 3. The van der Waals surface area contributed by atoms with Gasteiger partial charge in [0.15, 0.2) is 0 Å². The summed E-state index contributed by atoms with van der Waals surface area (Å²) in [6.07, 6.45) is -4.03. The minimum absolute atomic E-state index is 0.314. The topological polar surface area (TPSA) is 26.0 Å². The van der Waals surface area contributed by atoms with Crippen molar-refractivity contribution in [3.05, 3.63) is 35.9 Å². The van der Waals surface area contributed by atoms with Crippen molar-refractivity contribution in [1.82, 2.24) is 0 Å². The van der Waals surface area contributed by atoms with Gasteiger partial charge < -0.3 is 5.73 Å². The molecule has 0 heterocycles. The first kappa shape index (κ1) is 13.0. The van der Waals surface area contributed by atoms with Gasteiger partial charge in [-0.2, -0.15) is 13.2 Å². The second-order valence-corrected chi connectivity index (χ2v) is 4.67. The Labute approximate surface area is 93.5 Å². The van der Waals surface area contributed by atoms with Gasteiger partial charge in [-0.25, -0.2) is 0 Å². The van der Waals surface area contributed by atoms with Gasteiger partial charge in [0.05, 0.1) is 0 Å². The third-order valence-electron chi connectivity index (χ3n) is 2.70. The summed E-state index contributed by atoms with van der Waals surface area (Å²) in [4.78, 5) is 0. The van der Waals surface area contributed by atoms with Crippen LogP contribution in [0.2, 0.25) is 0 Å². The van der Waals surface area contributed by atoms with Crippen LogP contribution in [0.15, 0.2) is 30.3 Å². The van der Waals surface area contributed by atoms with E-state index in [0.29, 0.717) is 6.42 Å². The van der Waals surface area contributed by atoms with Crippen LogP contribution in [0, 0.1) is 5.41 Å². The molecule has 1 aromatic rings. The van der Waals surface area contributed by atoms with Crippen LogP contribution in [0.3, 0.4) is 0 Å². The molecule has 0 radical (unpaired) electrons. The zero-order valence-electron chi connectivity index (χ0n) is 9.38. The van der Waals surface area contributed by atoms with Gasteiger partial charge in [0.25, 0.3) is 0 Å². The molecule has 0 aromatic heterocycles. The highest BCUT2D eigenvalue weighted by atomic mass is 19.4. The van der Waals surface area contributed by atoms with Crippen LogP contribution in [0.1, 0.15) is 19.4 Å². The van der Waals surface area contributed by atoms with E-state index < -0.39 is 17.6 Å². The van der Waals surface area contributed by atoms with Gasteiger partial charge in [-0.05, 0) is 17.4 Å². The van der Waals surface area contributed by atoms with Crippen molar-refractivity contribution in [3.63, 3.8) is 0 Å². The summed E-state index contributed by atoms with van der Waals surface area (Å²) < 4.78 is 37.6. The molecule has 1 aromatic carbocycles. The van der Waals surface area contributed by atoms with E-state index in [1.54, 1.807) is 0 Å². The molecule has 0 saturated heterocycles. The van der Waals surface area contributed by atoms with Crippen LogP contribution in [-0.4, -0.2) is 12.2 Å². The summed E-state index contributed by atoms with van der Waals surface area (Å²) >= 11 is 0. The lowest BCUT2D eigenvalue weighted by atomic mass is 9.79. The number of alkyl halides is 3. The normalized spacial score (nSPS) is 14.9. The maximum atomic E-state index is 12.5. The van der Waals surface area contributed by atoms with Gasteiger partial charge in [-0.3, -0.25) is 0 Å². The predicted octanol–water partition coefficient (Wildman–Crippen LogP) is 3.14. The zero-order valence-corrected chi connectivity index (χ0v) is 9.38. The van der Waals surface area contributed by atoms with Crippen LogP contribution < -0.4 is 5.73 Å². The third-order valence-corrected chi connectivity index (χ3v) is 2.70. The Morgan fingerprint density at radius 3 is 2.06 bits per heavy atom. The highest BCUT2D eigenvalue weighted by Gasteiger charge is 2.46. The van der Waals surface area contributed by atoms with E-state index in [1.807, 2.05) is 30.3 Å². The monoisotopic (exact) mass is 231 g/mol. The zero-order chi connectivity index (χ0) is 12.4. The van der Waals surface area contributed by atoms with E-state index in [9.17, 15) is 13.2 Å². The van der Waals surface area contributed by atoms with Gasteiger partial charge >= 0.3 is 6.18 Å². The molecule has 1 unspecified atom stereocenters. The summed E-state index contributed by atoms with van der Waals surface area (Å²) in [5.41, 5.74) is 5.12. The van der Waals surface area contributed by atoms with Crippen molar-refractivity contribution >= 4 is 0 Å². The first-order valence-electron chi connectivity index (χ1n) is 5.10. The SMILES string of the molecule is CC(C)(Cc1ccccc1)C(N)C(F)(F)F. The van der Waals surface area contributed by atoms with Crippen molar-refractivity contribution in [1.29, 1.82) is 0 Å². The molecule has 0 aliphatic carbocycles. The molecule has 2 N–H and O–H groups in total. The van der Waals surface area contributed by atoms with Gasteiger partial charge in [-0.1, -0.05) is 44.2 Å². The molecule has 90 valence electrons. The summed E-state index contributed by atoms with van der Waals surface area (Å²) in [6, 6.07) is 7.27. The van der Waals surface area contributed by atoms with E-state index in [2.05, 4.69) is 0 Å². The lowest BCUT2D eigenvalue weighted by molar-refractivity contribution is -0.170. The number of benzene rings is 1.